The molecule has 3 heterocycles. The Morgan fingerprint density at radius 1 is 0.943 bits per heavy atom. The number of aliphatic hydroxyl groups excluding tert-OH is 1. The maximum absolute atomic E-state index is 9.39. The first-order chi connectivity index (χ1) is 17.1. The molecule has 2 N–H and O–H groups in total. The van der Waals surface area contributed by atoms with Gasteiger partial charge in [-0.2, -0.15) is 4.98 Å². The summed E-state index contributed by atoms with van der Waals surface area (Å²) in [6.45, 7) is 2.13. The molecule has 8 heteroatoms. The van der Waals surface area contributed by atoms with E-state index in [2.05, 4.69) is 28.3 Å². The first-order valence-corrected chi connectivity index (χ1v) is 11.5. The topological polar surface area (TPSA) is 91.5 Å². The van der Waals surface area contributed by atoms with Crippen LogP contribution in [0.5, 0.6) is 0 Å². The van der Waals surface area contributed by atoms with Gasteiger partial charge in [-0.05, 0) is 30.5 Å². The first-order valence-electron chi connectivity index (χ1n) is 11.5. The lowest BCUT2D eigenvalue weighted by Gasteiger charge is -2.20. The number of aliphatic hydroxyl groups is 1. The summed E-state index contributed by atoms with van der Waals surface area (Å²) in [5.41, 5.74) is 4.74. The lowest BCUT2D eigenvalue weighted by atomic mass is 10.0. The number of nitrogens with zero attached hydrogens (tertiary/aromatic N) is 6. The zero-order chi connectivity index (χ0) is 24.2. The van der Waals surface area contributed by atoms with Crippen LogP contribution in [-0.2, 0) is 13.0 Å². The van der Waals surface area contributed by atoms with E-state index in [1.807, 2.05) is 83.2 Å². The molecule has 0 aliphatic carbocycles. The molecule has 5 aromatic rings. The van der Waals surface area contributed by atoms with Crippen molar-refractivity contribution >= 4 is 23.4 Å². The van der Waals surface area contributed by atoms with Gasteiger partial charge in [-0.1, -0.05) is 54.6 Å². The molecule has 0 fully saturated rings. The van der Waals surface area contributed by atoms with Crippen molar-refractivity contribution in [1.29, 1.82) is 0 Å². The van der Waals surface area contributed by atoms with Crippen molar-refractivity contribution in [1.82, 2.24) is 24.3 Å². The fourth-order valence-electron chi connectivity index (χ4n) is 4.09. The molecule has 2 aromatic carbocycles. The molecule has 0 bridgehead atoms. The summed E-state index contributed by atoms with van der Waals surface area (Å²) in [5, 5.41) is 12.8. The van der Waals surface area contributed by atoms with E-state index >= 15 is 0 Å². The average molecular weight is 466 g/mol. The molecule has 0 radical (unpaired) electrons. The zero-order valence-electron chi connectivity index (χ0n) is 19.7. The average Bonchev–Trinajstić information content (AvgIpc) is 3.37. The second-order valence-electron chi connectivity index (χ2n) is 8.49. The van der Waals surface area contributed by atoms with Crippen LogP contribution in [0.3, 0.4) is 0 Å². The van der Waals surface area contributed by atoms with Gasteiger partial charge in [0.1, 0.15) is 11.5 Å². The van der Waals surface area contributed by atoms with Crippen molar-refractivity contribution in [3.05, 3.63) is 96.4 Å². The lowest BCUT2D eigenvalue weighted by Crippen LogP contribution is -2.21. The van der Waals surface area contributed by atoms with E-state index in [-0.39, 0.29) is 12.6 Å². The SMILES string of the molecule is CC(Cc1cccc(CO)c1)Nc1nccc(N(C)c2nc(-c3ccccc3)cc3nccn23)n1. The summed E-state index contributed by atoms with van der Waals surface area (Å²) in [6.07, 6.45) is 6.19. The molecule has 1 atom stereocenters. The van der Waals surface area contributed by atoms with Crippen molar-refractivity contribution < 1.29 is 5.11 Å². The monoisotopic (exact) mass is 465 g/mol. The highest BCUT2D eigenvalue weighted by Gasteiger charge is 2.16. The molecule has 176 valence electrons. The molecule has 0 saturated heterocycles. The fourth-order valence-corrected chi connectivity index (χ4v) is 4.09. The highest BCUT2D eigenvalue weighted by molar-refractivity contribution is 5.68. The van der Waals surface area contributed by atoms with Crippen molar-refractivity contribution in [2.24, 2.45) is 0 Å². The van der Waals surface area contributed by atoms with Crippen LogP contribution in [-0.4, -0.2) is 42.5 Å². The molecular formula is C27H27N7O. The summed E-state index contributed by atoms with van der Waals surface area (Å²) in [6, 6.07) is 22.0. The molecule has 0 aliphatic heterocycles. The minimum atomic E-state index is 0.0385. The van der Waals surface area contributed by atoms with Gasteiger partial charge >= 0.3 is 0 Å². The molecule has 5 rings (SSSR count). The van der Waals surface area contributed by atoms with Crippen LogP contribution in [0.25, 0.3) is 16.9 Å². The van der Waals surface area contributed by atoms with E-state index in [1.165, 1.54) is 0 Å². The Balaban J connectivity index is 1.40. The van der Waals surface area contributed by atoms with E-state index in [0.717, 1.165) is 34.5 Å². The Hall–Kier alpha value is -4.30. The van der Waals surface area contributed by atoms with Gasteiger partial charge in [0, 0.05) is 43.3 Å². The molecule has 0 amide bonds. The fraction of sp³-hybridized carbons (Fsp3) is 0.185. The highest BCUT2D eigenvalue weighted by Crippen LogP contribution is 2.26. The Morgan fingerprint density at radius 2 is 1.77 bits per heavy atom. The minimum absolute atomic E-state index is 0.0385. The van der Waals surface area contributed by atoms with Gasteiger partial charge in [0.15, 0.2) is 0 Å². The van der Waals surface area contributed by atoms with Crippen molar-refractivity contribution in [2.45, 2.75) is 26.0 Å². The van der Waals surface area contributed by atoms with Crippen LogP contribution in [0.15, 0.2) is 85.3 Å². The Bertz CT molecular complexity index is 1430. The maximum Gasteiger partial charge on any atom is 0.224 e. The van der Waals surface area contributed by atoms with Crippen molar-refractivity contribution in [3.63, 3.8) is 0 Å². The predicted octanol–water partition coefficient (Wildman–Crippen LogP) is 4.49. The van der Waals surface area contributed by atoms with Crippen LogP contribution in [0, 0.1) is 0 Å². The standard InChI is InChI=1S/C27H27N7O/c1-19(15-20-7-6-8-21(16-20)18-35)30-26-29-12-11-24(32-26)33(2)27-31-23(22-9-4-3-5-10-22)17-25-28-13-14-34(25)27/h3-14,16-17,19,35H,15,18H2,1-2H3,(H,29,30,32). The minimum Gasteiger partial charge on any atom is -0.392 e. The van der Waals surface area contributed by atoms with Gasteiger partial charge in [0.05, 0.1) is 12.3 Å². The van der Waals surface area contributed by atoms with E-state index in [9.17, 15) is 5.11 Å². The molecule has 0 aliphatic rings. The second kappa shape index (κ2) is 9.90. The third-order valence-corrected chi connectivity index (χ3v) is 5.82. The number of imidazole rings is 1. The third kappa shape index (κ3) is 4.97. The quantitative estimate of drug-likeness (QED) is 0.349. The van der Waals surface area contributed by atoms with E-state index < -0.39 is 0 Å². The number of rotatable bonds is 8. The summed E-state index contributed by atoms with van der Waals surface area (Å²) in [4.78, 5) is 20.5. The van der Waals surface area contributed by atoms with Gasteiger partial charge in [0.2, 0.25) is 11.9 Å². The van der Waals surface area contributed by atoms with Gasteiger partial charge in [0.25, 0.3) is 0 Å². The second-order valence-corrected chi connectivity index (χ2v) is 8.49. The maximum atomic E-state index is 9.39. The number of hydrogen-bond donors (Lipinski definition) is 2. The molecule has 1 unspecified atom stereocenters. The molecule has 0 saturated carbocycles. The van der Waals surface area contributed by atoms with Crippen LogP contribution in [0.1, 0.15) is 18.1 Å². The lowest BCUT2D eigenvalue weighted by molar-refractivity contribution is 0.281. The summed E-state index contributed by atoms with van der Waals surface area (Å²) in [7, 11) is 1.94. The van der Waals surface area contributed by atoms with E-state index in [1.54, 1.807) is 12.4 Å². The zero-order valence-corrected chi connectivity index (χ0v) is 19.7. The van der Waals surface area contributed by atoms with Crippen LogP contribution in [0.2, 0.25) is 0 Å². The number of aromatic nitrogens is 5. The van der Waals surface area contributed by atoms with E-state index in [4.69, 9.17) is 9.97 Å². The number of fused-ring (bicyclic) bond motifs is 1. The van der Waals surface area contributed by atoms with Crippen molar-refractivity contribution in [3.8, 4) is 11.3 Å². The Morgan fingerprint density at radius 3 is 2.60 bits per heavy atom. The number of hydrogen-bond acceptors (Lipinski definition) is 7. The predicted molar refractivity (Wildman–Crippen MR) is 138 cm³/mol. The van der Waals surface area contributed by atoms with Gasteiger partial charge in [-0.3, -0.25) is 9.30 Å². The van der Waals surface area contributed by atoms with Gasteiger partial charge in [-0.15, -0.1) is 0 Å². The van der Waals surface area contributed by atoms with Gasteiger partial charge < -0.3 is 10.4 Å². The molecule has 0 spiro atoms. The largest absolute Gasteiger partial charge is 0.392 e. The Kier molecular flexibility index (Phi) is 6.36. The van der Waals surface area contributed by atoms with Gasteiger partial charge in [-0.25, -0.2) is 15.0 Å². The van der Waals surface area contributed by atoms with Crippen molar-refractivity contribution in [2.75, 3.05) is 17.3 Å². The first kappa shape index (κ1) is 22.5. The number of benzene rings is 2. The Labute approximate surface area is 204 Å². The van der Waals surface area contributed by atoms with Crippen LogP contribution in [0.4, 0.5) is 17.7 Å². The number of anilines is 3. The normalized spacial score (nSPS) is 12.0. The molecule has 3 aromatic heterocycles. The summed E-state index contributed by atoms with van der Waals surface area (Å²) >= 11 is 0. The van der Waals surface area contributed by atoms with E-state index in [0.29, 0.717) is 17.7 Å². The smallest absolute Gasteiger partial charge is 0.224 e. The molecular weight excluding hydrogens is 438 g/mol. The number of nitrogens with one attached hydrogen (secondary N) is 1. The molecule has 35 heavy (non-hydrogen) atoms. The van der Waals surface area contributed by atoms with Crippen LogP contribution >= 0.6 is 0 Å². The summed E-state index contributed by atoms with van der Waals surface area (Å²) in [5.74, 6) is 1.96. The highest BCUT2D eigenvalue weighted by atomic mass is 16.3. The van der Waals surface area contributed by atoms with Crippen LogP contribution < -0.4 is 10.2 Å². The molecule has 8 nitrogen and oxygen atoms in total. The third-order valence-electron chi connectivity index (χ3n) is 5.82. The summed E-state index contributed by atoms with van der Waals surface area (Å²) < 4.78 is 1.94.